The van der Waals surface area contributed by atoms with Gasteiger partial charge in [-0.2, -0.15) is 0 Å². The number of benzene rings is 2. The highest BCUT2D eigenvalue weighted by atomic mass is 16.7. The first-order valence-corrected chi connectivity index (χ1v) is 5.61. The van der Waals surface area contributed by atoms with Crippen LogP contribution in [0.4, 0.5) is 4.79 Å². The molecule has 1 unspecified atom stereocenters. The van der Waals surface area contributed by atoms with E-state index in [1.165, 1.54) is 7.11 Å². The van der Waals surface area contributed by atoms with Crippen LogP contribution in [0, 0.1) is 0 Å². The van der Waals surface area contributed by atoms with E-state index in [1.54, 1.807) is 6.08 Å². The molecule has 0 heterocycles. The van der Waals surface area contributed by atoms with Gasteiger partial charge in [-0.05, 0) is 16.8 Å². The molecule has 0 N–H and O–H groups in total. The standard InChI is InChI=1S/C15H14O3/c1-3-14(18-15(16)17-2)13-10-6-8-11-7-4-5-9-12(11)13/h3-10,14H,1H2,2H3. The number of methoxy groups -OCH3 is 1. The van der Waals surface area contributed by atoms with E-state index in [-0.39, 0.29) is 0 Å². The Labute approximate surface area is 106 Å². The summed E-state index contributed by atoms with van der Waals surface area (Å²) in [5, 5.41) is 2.13. The minimum Gasteiger partial charge on any atom is -0.438 e. The van der Waals surface area contributed by atoms with Gasteiger partial charge < -0.3 is 9.47 Å². The van der Waals surface area contributed by atoms with Gasteiger partial charge in [-0.3, -0.25) is 0 Å². The molecule has 3 heteroatoms. The minimum absolute atomic E-state index is 0.511. The van der Waals surface area contributed by atoms with Crippen molar-refractivity contribution < 1.29 is 14.3 Å². The van der Waals surface area contributed by atoms with Crippen LogP contribution >= 0.6 is 0 Å². The largest absolute Gasteiger partial charge is 0.508 e. The van der Waals surface area contributed by atoms with Crippen molar-refractivity contribution in [1.82, 2.24) is 0 Å². The maximum atomic E-state index is 11.2. The molecular weight excluding hydrogens is 228 g/mol. The zero-order valence-corrected chi connectivity index (χ0v) is 10.1. The summed E-state index contributed by atoms with van der Waals surface area (Å²) in [7, 11) is 1.28. The predicted molar refractivity (Wildman–Crippen MR) is 70.4 cm³/mol. The molecule has 0 aliphatic carbocycles. The van der Waals surface area contributed by atoms with Gasteiger partial charge in [0.15, 0.2) is 0 Å². The third kappa shape index (κ3) is 2.35. The zero-order valence-electron chi connectivity index (χ0n) is 10.1. The lowest BCUT2D eigenvalue weighted by atomic mass is 10.0. The van der Waals surface area contributed by atoms with Crippen molar-refractivity contribution >= 4 is 16.9 Å². The quantitative estimate of drug-likeness (QED) is 0.605. The van der Waals surface area contributed by atoms with Gasteiger partial charge in [0.05, 0.1) is 7.11 Å². The minimum atomic E-state index is -0.715. The number of ether oxygens (including phenoxy) is 2. The predicted octanol–water partition coefficient (Wildman–Crippen LogP) is 3.85. The lowest BCUT2D eigenvalue weighted by Crippen LogP contribution is -2.09. The van der Waals surface area contributed by atoms with E-state index in [9.17, 15) is 4.79 Å². The van der Waals surface area contributed by atoms with Crippen molar-refractivity contribution in [1.29, 1.82) is 0 Å². The molecule has 0 saturated carbocycles. The molecule has 0 radical (unpaired) electrons. The van der Waals surface area contributed by atoms with E-state index in [4.69, 9.17) is 4.74 Å². The molecule has 18 heavy (non-hydrogen) atoms. The SMILES string of the molecule is C=CC(OC(=O)OC)c1cccc2ccccc12. The topological polar surface area (TPSA) is 35.5 Å². The van der Waals surface area contributed by atoms with Crippen molar-refractivity contribution in [3.8, 4) is 0 Å². The Balaban J connectivity index is 2.45. The van der Waals surface area contributed by atoms with Crippen LogP contribution in [0.3, 0.4) is 0 Å². The Hall–Kier alpha value is -2.29. The van der Waals surface area contributed by atoms with Gasteiger partial charge >= 0.3 is 6.16 Å². The molecule has 92 valence electrons. The Bertz CT molecular complexity index is 569. The van der Waals surface area contributed by atoms with E-state index in [0.29, 0.717) is 0 Å². The van der Waals surface area contributed by atoms with Gasteiger partial charge in [-0.15, -0.1) is 0 Å². The Kier molecular flexibility index (Phi) is 3.63. The van der Waals surface area contributed by atoms with Gasteiger partial charge in [-0.25, -0.2) is 4.79 Å². The van der Waals surface area contributed by atoms with Gasteiger partial charge in [0.25, 0.3) is 0 Å². The lowest BCUT2D eigenvalue weighted by molar-refractivity contribution is 0.0527. The fraction of sp³-hybridized carbons (Fsp3) is 0.133. The van der Waals surface area contributed by atoms with Crippen LogP contribution in [-0.2, 0) is 9.47 Å². The van der Waals surface area contributed by atoms with Crippen molar-refractivity contribution in [2.45, 2.75) is 6.10 Å². The molecule has 0 aromatic heterocycles. The number of carbonyl (C=O) groups is 1. The Morgan fingerprint density at radius 1 is 1.22 bits per heavy atom. The molecule has 0 spiro atoms. The van der Waals surface area contributed by atoms with E-state index in [2.05, 4.69) is 11.3 Å². The van der Waals surface area contributed by atoms with Crippen LogP contribution in [-0.4, -0.2) is 13.3 Å². The average Bonchev–Trinajstić information content (AvgIpc) is 2.44. The summed E-state index contributed by atoms with van der Waals surface area (Å²) in [5.74, 6) is 0. The fourth-order valence-corrected chi connectivity index (χ4v) is 1.89. The maximum Gasteiger partial charge on any atom is 0.508 e. The smallest absolute Gasteiger partial charge is 0.438 e. The molecule has 0 bridgehead atoms. The van der Waals surface area contributed by atoms with Gasteiger partial charge in [0.2, 0.25) is 0 Å². The average molecular weight is 242 g/mol. The molecule has 0 amide bonds. The molecule has 0 aliphatic rings. The summed E-state index contributed by atoms with van der Waals surface area (Å²) in [6, 6.07) is 13.8. The first kappa shape index (κ1) is 12.2. The summed E-state index contributed by atoms with van der Waals surface area (Å²) < 4.78 is 9.67. The number of hydrogen-bond donors (Lipinski definition) is 0. The zero-order chi connectivity index (χ0) is 13.0. The van der Waals surface area contributed by atoms with Crippen molar-refractivity contribution in [3.63, 3.8) is 0 Å². The summed E-state index contributed by atoms with van der Waals surface area (Å²) in [6.45, 7) is 3.70. The number of carbonyl (C=O) groups excluding carboxylic acids is 1. The fourth-order valence-electron chi connectivity index (χ4n) is 1.89. The van der Waals surface area contributed by atoms with Gasteiger partial charge in [-0.1, -0.05) is 49.0 Å². The molecule has 2 rings (SSSR count). The van der Waals surface area contributed by atoms with Crippen molar-refractivity contribution in [2.75, 3.05) is 7.11 Å². The van der Waals surface area contributed by atoms with Gasteiger partial charge in [0.1, 0.15) is 6.10 Å². The van der Waals surface area contributed by atoms with E-state index in [0.717, 1.165) is 16.3 Å². The van der Waals surface area contributed by atoms with Crippen molar-refractivity contribution in [2.24, 2.45) is 0 Å². The van der Waals surface area contributed by atoms with Crippen molar-refractivity contribution in [3.05, 3.63) is 60.7 Å². The third-order valence-corrected chi connectivity index (χ3v) is 2.73. The second-order valence-electron chi connectivity index (χ2n) is 3.80. The number of hydrogen-bond acceptors (Lipinski definition) is 3. The highest BCUT2D eigenvalue weighted by Crippen LogP contribution is 2.27. The monoisotopic (exact) mass is 242 g/mol. The molecule has 0 aliphatic heterocycles. The maximum absolute atomic E-state index is 11.2. The van der Waals surface area contributed by atoms with Crippen LogP contribution in [0.1, 0.15) is 11.7 Å². The summed E-state index contributed by atoms with van der Waals surface area (Å²) >= 11 is 0. The van der Waals surface area contributed by atoms with Crippen LogP contribution in [0.25, 0.3) is 10.8 Å². The first-order valence-electron chi connectivity index (χ1n) is 5.61. The Morgan fingerprint density at radius 3 is 2.67 bits per heavy atom. The number of fused-ring (bicyclic) bond motifs is 1. The van der Waals surface area contributed by atoms with E-state index >= 15 is 0 Å². The second-order valence-corrected chi connectivity index (χ2v) is 3.80. The highest BCUT2D eigenvalue weighted by molar-refractivity contribution is 5.86. The third-order valence-electron chi connectivity index (χ3n) is 2.73. The molecule has 0 saturated heterocycles. The Morgan fingerprint density at radius 2 is 1.94 bits per heavy atom. The van der Waals surface area contributed by atoms with Crippen LogP contribution in [0.5, 0.6) is 0 Å². The molecular formula is C15H14O3. The van der Waals surface area contributed by atoms with Gasteiger partial charge in [0, 0.05) is 5.56 Å². The van der Waals surface area contributed by atoms with Crippen LogP contribution in [0.2, 0.25) is 0 Å². The summed E-state index contributed by atoms with van der Waals surface area (Å²) in [5.41, 5.74) is 0.897. The first-order chi connectivity index (χ1) is 8.76. The highest BCUT2D eigenvalue weighted by Gasteiger charge is 2.15. The number of rotatable bonds is 3. The van der Waals surface area contributed by atoms with Crippen LogP contribution in [0.15, 0.2) is 55.1 Å². The molecule has 0 fully saturated rings. The summed E-state index contributed by atoms with van der Waals surface area (Å²) in [6.07, 6.45) is 0.356. The van der Waals surface area contributed by atoms with E-state index < -0.39 is 12.3 Å². The lowest BCUT2D eigenvalue weighted by Gasteiger charge is -2.15. The summed E-state index contributed by atoms with van der Waals surface area (Å²) in [4.78, 5) is 11.2. The normalized spacial score (nSPS) is 11.8. The molecule has 2 aromatic carbocycles. The molecule has 1 atom stereocenters. The van der Waals surface area contributed by atoms with Crippen LogP contribution < -0.4 is 0 Å². The molecule has 3 nitrogen and oxygen atoms in total. The second kappa shape index (κ2) is 5.36. The molecule has 2 aromatic rings. The van der Waals surface area contributed by atoms with E-state index in [1.807, 2.05) is 42.5 Å².